The fraction of sp³-hybridized carbons (Fsp3) is 0.636. The Kier molecular flexibility index (Phi) is 2.27. The zero-order valence-electron chi connectivity index (χ0n) is 8.83. The van der Waals surface area contributed by atoms with Crippen LogP contribution in [0.5, 0.6) is 0 Å². The topological polar surface area (TPSA) is 51.8 Å². The number of hydrogen-bond donors (Lipinski definition) is 1. The van der Waals surface area contributed by atoms with E-state index >= 15 is 0 Å². The second-order valence-corrected chi connectivity index (χ2v) is 4.60. The normalized spacial score (nSPS) is 20.5. The third kappa shape index (κ3) is 1.93. The third-order valence-corrected chi connectivity index (χ3v) is 3.22. The lowest BCUT2D eigenvalue weighted by Crippen LogP contribution is -2.31. The Morgan fingerprint density at radius 1 is 1.43 bits per heavy atom. The van der Waals surface area contributed by atoms with Gasteiger partial charge in [0.15, 0.2) is 0 Å². The Hall–Kier alpha value is -0.960. The fourth-order valence-corrected chi connectivity index (χ4v) is 1.59. The summed E-state index contributed by atoms with van der Waals surface area (Å²) in [5, 5.41) is 0. The lowest BCUT2D eigenvalue weighted by Gasteiger charge is -2.18. The van der Waals surface area contributed by atoms with Gasteiger partial charge in [-0.2, -0.15) is 0 Å². The van der Waals surface area contributed by atoms with Crippen LogP contribution in [-0.4, -0.2) is 16.0 Å². The smallest absolute Gasteiger partial charge is 0.125 e. The first-order valence-electron chi connectivity index (χ1n) is 5.13. The molecular formula is C11H17N3. The first-order valence-corrected chi connectivity index (χ1v) is 5.13. The van der Waals surface area contributed by atoms with Crippen LogP contribution in [0.1, 0.15) is 31.2 Å². The molecule has 0 bridgehead atoms. The molecule has 1 aromatic heterocycles. The standard InChI is InChI=1S/C11H17N3/c1-8-13-6-9(7-14-8)5-10(12)11(2)3-4-11/h6-7,10H,3-5,12H2,1-2H3. The van der Waals surface area contributed by atoms with Crippen LogP contribution in [0.4, 0.5) is 0 Å². The molecule has 0 radical (unpaired) electrons. The zero-order chi connectivity index (χ0) is 10.2. The predicted octanol–water partition coefficient (Wildman–Crippen LogP) is 1.45. The lowest BCUT2D eigenvalue weighted by atomic mass is 9.94. The summed E-state index contributed by atoms with van der Waals surface area (Å²) in [5.74, 6) is 0.819. The van der Waals surface area contributed by atoms with E-state index in [0.29, 0.717) is 5.41 Å². The minimum absolute atomic E-state index is 0.258. The molecule has 0 saturated heterocycles. The molecule has 2 rings (SSSR count). The van der Waals surface area contributed by atoms with Crippen LogP contribution in [0.15, 0.2) is 12.4 Å². The molecule has 1 aliphatic carbocycles. The molecule has 1 saturated carbocycles. The fourth-order valence-electron chi connectivity index (χ4n) is 1.59. The molecular weight excluding hydrogens is 174 g/mol. The van der Waals surface area contributed by atoms with Crippen LogP contribution in [0.2, 0.25) is 0 Å². The summed E-state index contributed by atoms with van der Waals surface area (Å²) in [6, 6.07) is 0.258. The summed E-state index contributed by atoms with van der Waals surface area (Å²) in [4.78, 5) is 8.34. The van der Waals surface area contributed by atoms with Crippen molar-refractivity contribution in [2.45, 2.75) is 39.2 Å². The van der Waals surface area contributed by atoms with Crippen molar-refractivity contribution >= 4 is 0 Å². The van der Waals surface area contributed by atoms with Crippen LogP contribution in [-0.2, 0) is 6.42 Å². The zero-order valence-corrected chi connectivity index (χ0v) is 8.83. The van der Waals surface area contributed by atoms with Crippen LogP contribution >= 0.6 is 0 Å². The summed E-state index contributed by atoms with van der Waals surface area (Å²) >= 11 is 0. The number of hydrogen-bond acceptors (Lipinski definition) is 3. The maximum atomic E-state index is 6.13. The molecule has 0 spiro atoms. The van der Waals surface area contributed by atoms with Crippen LogP contribution in [0.25, 0.3) is 0 Å². The van der Waals surface area contributed by atoms with E-state index in [1.807, 2.05) is 19.3 Å². The van der Waals surface area contributed by atoms with Crippen LogP contribution in [0, 0.1) is 12.3 Å². The predicted molar refractivity (Wildman–Crippen MR) is 55.8 cm³/mol. The summed E-state index contributed by atoms with van der Waals surface area (Å²) < 4.78 is 0. The second-order valence-electron chi connectivity index (χ2n) is 4.60. The number of aromatic nitrogens is 2. The molecule has 1 atom stereocenters. The van der Waals surface area contributed by atoms with Crippen molar-refractivity contribution in [2.75, 3.05) is 0 Å². The van der Waals surface area contributed by atoms with Gasteiger partial charge in [-0.15, -0.1) is 0 Å². The van der Waals surface area contributed by atoms with Gasteiger partial charge in [-0.25, -0.2) is 9.97 Å². The highest BCUT2D eigenvalue weighted by Crippen LogP contribution is 2.47. The highest BCUT2D eigenvalue weighted by Gasteiger charge is 2.42. The van der Waals surface area contributed by atoms with Gasteiger partial charge < -0.3 is 5.73 Å². The Morgan fingerprint density at radius 2 is 2.00 bits per heavy atom. The first kappa shape index (κ1) is 9.59. The van der Waals surface area contributed by atoms with Gasteiger partial charge >= 0.3 is 0 Å². The molecule has 76 valence electrons. The molecule has 3 nitrogen and oxygen atoms in total. The van der Waals surface area contributed by atoms with Gasteiger partial charge in [0.2, 0.25) is 0 Å². The molecule has 2 N–H and O–H groups in total. The van der Waals surface area contributed by atoms with Gasteiger partial charge in [0.05, 0.1) is 0 Å². The number of nitrogens with two attached hydrogens (primary N) is 1. The van der Waals surface area contributed by atoms with Crippen molar-refractivity contribution in [3.63, 3.8) is 0 Å². The molecule has 0 amide bonds. The molecule has 1 heterocycles. The number of nitrogens with zero attached hydrogens (tertiary/aromatic N) is 2. The first-order chi connectivity index (χ1) is 6.60. The molecule has 3 heteroatoms. The minimum Gasteiger partial charge on any atom is -0.327 e. The van der Waals surface area contributed by atoms with E-state index in [-0.39, 0.29) is 6.04 Å². The van der Waals surface area contributed by atoms with E-state index in [4.69, 9.17) is 5.73 Å². The van der Waals surface area contributed by atoms with Gasteiger partial charge in [-0.05, 0) is 37.2 Å². The molecule has 0 aromatic carbocycles. The largest absolute Gasteiger partial charge is 0.327 e. The molecule has 1 aromatic rings. The lowest BCUT2D eigenvalue weighted by molar-refractivity contribution is 0.432. The summed E-state index contributed by atoms with van der Waals surface area (Å²) in [5.41, 5.74) is 7.66. The molecule has 0 aliphatic heterocycles. The average Bonchev–Trinajstić information content (AvgIpc) is 2.89. The Bertz CT molecular complexity index is 314. The van der Waals surface area contributed by atoms with Crippen molar-refractivity contribution in [1.82, 2.24) is 9.97 Å². The van der Waals surface area contributed by atoms with Crippen molar-refractivity contribution in [3.8, 4) is 0 Å². The summed E-state index contributed by atoms with van der Waals surface area (Å²) in [6.07, 6.45) is 7.19. The summed E-state index contributed by atoms with van der Waals surface area (Å²) in [6.45, 7) is 4.15. The monoisotopic (exact) mass is 191 g/mol. The molecule has 1 fully saturated rings. The average molecular weight is 191 g/mol. The van der Waals surface area contributed by atoms with E-state index in [0.717, 1.165) is 17.8 Å². The van der Waals surface area contributed by atoms with E-state index in [1.165, 1.54) is 12.8 Å². The Morgan fingerprint density at radius 3 is 2.50 bits per heavy atom. The number of aryl methyl sites for hydroxylation is 1. The van der Waals surface area contributed by atoms with Gasteiger partial charge in [-0.1, -0.05) is 6.92 Å². The van der Waals surface area contributed by atoms with E-state index < -0.39 is 0 Å². The van der Waals surface area contributed by atoms with Gasteiger partial charge in [-0.3, -0.25) is 0 Å². The maximum Gasteiger partial charge on any atom is 0.125 e. The highest BCUT2D eigenvalue weighted by molar-refractivity contribution is 5.10. The minimum atomic E-state index is 0.258. The SMILES string of the molecule is Cc1ncc(CC(N)C2(C)CC2)cn1. The summed E-state index contributed by atoms with van der Waals surface area (Å²) in [7, 11) is 0. The quantitative estimate of drug-likeness (QED) is 0.786. The van der Waals surface area contributed by atoms with Gasteiger partial charge in [0.1, 0.15) is 5.82 Å². The Labute approximate surface area is 84.8 Å². The van der Waals surface area contributed by atoms with Crippen molar-refractivity contribution < 1.29 is 0 Å². The maximum absolute atomic E-state index is 6.13. The van der Waals surface area contributed by atoms with Crippen LogP contribution in [0.3, 0.4) is 0 Å². The highest BCUT2D eigenvalue weighted by atomic mass is 14.8. The second kappa shape index (κ2) is 3.31. The van der Waals surface area contributed by atoms with Crippen molar-refractivity contribution in [3.05, 3.63) is 23.8 Å². The number of rotatable bonds is 3. The van der Waals surface area contributed by atoms with E-state index in [1.54, 1.807) is 0 Å². The molecule has 1 unspecified atom stereocenters. The van der Waals surface area contributed by atoms with E-state index in [2.05, 4.69) is 16.9 Å². The van der Waals surface area contributed by atoms with Gasteiger partial charge in [0, 0.05) is 18.4 Å². The molecule has 14 heavy (non-hydrogen) atoms. The van der Waals surface area contributed by atoms with E-state index in [9.17, 15) is 0 Å². The van der Waals surface area contributed by atoms with Crippen molar-refractivity contribution in [1.29, 1.82) is 0 Å². The van der Waals surface area contributed by atoms with Crippen molar-refractivity contribution in [2.24, 2.45) is 11.1 Å². The van der Waals surface area contributed by atoms with Crippen LogP contribution < -0.4 is 5.73 Å². The Balaban J connectivity index is 2.00. The third-order valence-electron chi connectivity index (χ3n) is 3.22. The molecule has 1 aliphatic rings. The van der Waals surface area contributed by atoms with Gasteiger partial charge in [0.25, 0.3) is 0 Å².